The van der Waals surface area contributed by atoms with Crippen molar-refractivity contribution in [3.05, 3.63) is 41.4 Å². The van der Waals surface area contributed by atoms with Crippen LogP contribution in [0.5, 0.6) is 5.75 Å². The van der Waals surface area contributed by atoms with Crippen LogP contribution in [0.2, 0.25) is 0 Å². The summed E-state index contributed by atoms with van der Waals surface area (Å²) in [5.74, 6) is 9.91. The van der Waals surface area contributed by atoms with Crippen molar-refractivity contribution < 1.29 is 14.6 Å². The average Bonchev–Trinajstić information content (AvgIpc) is 2.43. The smallest absolute Gasteiger partial charge is 0.357 e. The van der Waals surface area contributed by atoms with Crippen LogP contribution >= 0.6 is 0 Å². The Morgan fingerprint density at radius 3 is 2.53 bits per heavy atom. The van der Waals surface area contributed by atoms with Gasteiger partial charge in [-0.1, -0.05) is 18.8 Å². The quantitative estimate of drug-likeness (QED) is 0.206. The predicted molar refractivity (Wildman–Crippen MR) is 70.4 cm³/mol. The lowest BCUT2D eigenvalue weighted by Gasteiger charge is -2.10. The summed E-state index contributed by atoms with van der Waals surface area (Å²) in [6.45, 7) is 1.96. The van der Waals surface area contributed by atoms with Gasteiger partial charge < -0.3 is 15.6 Å². The van der Waals surface area contributed by atoms with E-state index >= 15 is 0 Å². The Labute approximate surface area is 111 Å². The number of nitrogens with one attached hydrogen (secondary N) is 1. The normalized spacial score (nSPS) is 10.8. The molecule has 6 nitrogen and oxygen atoms in total. The number of carbonyl (C=O) groups is 1. The molecule has 0 aliphatic rings. The predicted octanol–water partition coefficient (Wildman–Crippen LogP) is 0.503. The topological polar surface area (TPSA) is 111 Å². The molecule has 0 unspecified atom stereocenters. The van der Waals surface area contributed by atoms with Crippen molar-refractivity contribution >= 4 is 5.97 Å². The lowest BCUT2D eigenvalue weighted by atomic mass is 10.2. The third-order valence-corrected chi connectivity index (χ3v) is 2.09. The van der Waals surface area contributed by atoms with Crippen LogP contribution in [-0.2, 0) is 4.79 Å². The van der Waals surface area contributed by atoms with Crippen LogP contribution in [0.1, 0.15) is 18.9 Å². The Morgan fingerprint density at radius 2 is 2.05 bits per heavy atom. The molecule has 0 spiro atoms. The highest BCUT2D eigenvalue weighted by Gasteiger charge is 2.11. The van der Waals surface area contributed by atoms with Gasteiger partial charge in [0.1, 0.15) is 5.75 Å². The van der Waals surface area contributed by atoms with E-state index in [0.29, 0.717) is 5.75 Å². The third-order valence-electron chi connectivity index (χ3n) is 2.09. The molecular formula is C13H15N3O3. The van der Waals surface area contributed by atoms with Crippen LogP contribution in [0.25, 0.3) is 0 Å². The van der Waals surface area contributed by atoms with E-state index in [4.69, 9.17) is 21.4 Å². The van der Waals surface area contributed by atoms with Gasteiger partial charge in [0, 0.05) is 12.0 Å². The van der Waals surface area contributed by atoms with E-state index in [1.165, 1.54) is 0 Å². The highest BCUT2D eigenvalue weighted by Crippen LogP contribution is 2.14. The fourth-order valence-corrected chi connectivity index (χ4v) is 1.17. The maximum atomic E-state index is 10.7. The van der Waals surface area contributed by atoms with Crippen LogP contribution in [0.4, 0.5) is 0 Å². The lowest BCUT2D eigenvalue weighted by molar-refractivity contribution is -0.132. The van der Waals surface area contributed by atoms with Crippen LogP contribution < -0.4 is 21.7 Å². The second-order valence-electron chi connectivity index (χ2n) is 3.47. The summed E-state index contributed by atoms with van der Waals surface area (Å²) >= 11 is 0. The number of aliphatic carboxylic acids is 1. The molecule has 19 heavy (non-hydrogen) atoms. The molecule has 0 aliphatic carbocycles. The number of hydrazine groups is 1. The second kappa shape index (κ2) is 6.93. The third kappa shape index (κ3) is 4.26. The van der Waals surface area contributed by atoms with Crippen LogP contribution in [0.3, 0.4) is 0 Å². The maximum Gasteiger partial charge on any atom is 0.357 e. The minimum absolute atomic E-state index is 0.222. The van der Waals surface area contributed by atoms with Gasteiger partial charge in [0.2, 0.25) is 5.88 Å². The summed E-state index contributed by atoms with van der Waals surface area (Å²) in [6, 6.07) is 6.80. The van der Waals surface area contributed by atoms with Crippen molar-refractivity contribution in [2.24, 2.45) is 11.6 Å². The monoisotopic (exact) mass is 261 g/mol. The maximum absolute atomic E-state index is 10.7. The Morgan fingerprint density at radius 1 is 1.42 bits per heavy atom. The molecule has 0 heterocycles. The van der Waals surface area contributed by atoms with Gasteiger partial charge in [-0.2, -0.15) is 0 Å². The Kier molecular flexibility index (Phi) is 5.26. The van der Waals surface area contributed by atoms with Gasteiger partial charge in [-0.05, 0) is 24.3 Å². The molecule has 0 atom stereocenters. The highest BCUT2D eigenvalue weighted by atomic mass is 16.5. The summed E-state index contributed by atoms with van der Waals surface area (Å²) < 4.78 is 5.24. The number of carboxylic acid groups (broad SMARTS) is 1. The molecule has 0 aromatic heterocycles. The van der Waals surface area contributed by atoms with Gasteiger partial charge in [0.25, 0.3) is 0 Å². The number of nitrogens with two attached hydrogens (primary N) is 2. The molecule has 1 aromatic carbocycles. The first-order valence-electron chi connectivity index (χ1n) is 5.55. The zero-order valence-corrected chi connectivity index (χ0v) is 10.4. The first-order valence-corrected chi connectivity index (χ1v) is 5.55. The van der Waals surface area contributed by atoms with Gasteiger partial charge in [0.05, 0.1) is 0 Å². The van der Waals surface area contributed by atoms with Crippen molar-refractivity contribution in [1.82, 2.24) is 5.43 Å². The van der Waals surface area contributed by atoms with Crippen molar-refractivity contribution in [3.8, 4) is 17.6 Å². The molecule has 1 aromatic rings. The molecule has 0 bridgehead atoms. The molecule has 6 heteroatoms. The summed E-state index contributed by atoms with van der Waals surface area (Å²) in [4.78, 5) is 10.7. The molecule has 1 rings (SSSR count). The zero-order chi connectivity index (χ0) is 14.3. The van der Waals surface area contributed by atoms with Crippen molar-refractivity contribution in [2.45, 2.75) is 13.3 Å². The van der Waals surface area contributed by atoms with Crippen molar-refractivity contribution in [1.29, 1.82) is 0 Å². The van der Waals surface area contributed by atoms with Crippen molar-refractivity contribution in [2.75, 3.05) is 0 Å². The van der Waals surface area contributed by atoms with Crippen LogP contribution in [0.15, 0.2) is 35.8 Å². The first kappa shape index (κ1) is 14.4. The molecular weight excluding hydrogens is 246 g/mol. The molecule has 100 valence electrons. The molecule has 6 N–H and O–H groups in total. The van der Waals surface area contributed by atoms with Gasteiger partial charge in [-0.15, -0.1) is 0 Å². The Hall–Kier alpha value is -2.65. The molecule has 0 aliphatic heterocycles. The second-order valence-corrected chi connectivity index (χ2v) is 3.47. The minimum Gasteiger partial charge on any atom is -0.476 e. The van der Waals surface area contributed by atoms with Gasteiger partial charge >= 0.3 is 5.97 Å². The molecule has 0 saturated heterocycles. The summed E-state index contributed by atoms with van der Waals surface area (Å²) in [7, 11) is 0. The number of hydrogen-bond acceptors (Lipinski definition) is 5. The van der Waals surface area contributed by atoms with E-state index in [-0.39, 0.29) is 5.88 Å². The number of rotatable bonds is 4. The Balaban J connectivity index is 2.88. The number of benzene rings is 1. The summed E-state index contributed by atoms with van der Waals surface area (Å²) in [6.07, 6.45) is 0.775. The van der Waals surface area contributed by atoms with E-state index in [9.17, 15) is 4.79 Å². The highest BCUT2D eigenvalue weighted by molar-refractivity contribution is 5.85. The van der Waals surface area contributed by atoms with E-state index in [1.807, 2.05) is 6.92 Å². The SMILES string of the molecule is CCC#Cc1ccc(O/C(NN)=C(/N)C(=O)O)cc1. The summed E-state index contributed by atoms with van der Waals surface area (Å²) in [5, 5.41) is 8.73. The molecule has 0 amide bonds. The largest absolute Gasteiger partial charge is 0.476 e. The van der Waals surface area contributed by atoms with E-state index in [0.717, 1.165) is 12.0 Å². The molecule has 0 radical (unpaired) electrons. The van der Waals surface area contributed by atoms with E-state index < -0.39 is 11.7 Å². The summed E-state index contributed by atoms with van der Waals surface area (Å²) in [5.41, 5.74) is 7.75. The average molecular weight is 261 g/mol. The number of carboxylic acids is 1. The number of hydrogen-bond donors (Lipinski definition) is 4. The molecule has 0 fully saturated rings. The van der Waals surface area contributed by atoms with Gasteiger partial charge in [-0.3, -0.25) is 5.43 Å². The van der Waals surface area contributed by atoms with Crippen LogP contribution in [0, 0.1) is 11.8 Å². The van der Waals surface area contributed by atoms with E-state index in [2.05, 4.69) is 17.3 Å². The standard InChI is InChI=1S/C13H15N3O3/c1-2-3-4-9-5-7-10(8-6-9)19-12(16-15)11(14)13(17)18/h5-8,16H,2,14-15H2,1H3,(H,17,18)/b12-11+. The van der Waals surface area contributed by atoms with Crippen molar-refractivity contribution in [3.63, 3.8) is 0 Å². The fourth-order valence-electron chi connectivity index (χ4n) is 1.17. The van der Waals surface area contributed by atoms with Crippen LogP contribution in [-0.4, -0.2) is 11.1 Å². The molecule has 0 saturated carbocycles. The minimum atomic E-state index is -1.32. The lowest BCUT2D eigenvalue weighted by Crippen LogP contribution is -2.31. The Bertz CT molecular complexity index is 538. The fraction of sp³-hybridized carbons (Fsp3) is 0.154. The van der Waals surface area contributed by atoms with Gasteiger partial charge in [-0.25, -0.2) is 10.6 Å². The number of ether oxygens (including phenoxy) is 1. The first-order chi connectivity index (χ1) is 9.08. The van der Waals surface area contributed by atoms with Gasteiger partial charge in [0.15, 0.2) is 5.70 Å². The van der Waals surface area contributed by atoms with E-state index in [1.54, 1.807) is 24.3 Å². The zero-order valence-electron chi connectivity index (χ0n) is 10.4.